The fraction of sp³-hybridized carbons (Fsp3) is 0.188. The van der Waals surface area contributed by atoms with E-state index in [0.29, 0.717) is 10.9 Å². The van der Waals surface area contributed by atoms with E-state index in [9.17, 15) is 9.36 Å². The molecule has 2 nitrogen and oxygen atoms in total. The first-order chi connectivity index (χ1) is 9.02. The molecule has 0 saturated heterocycles. The fourth-order valence-electron chi connectivity index (χ4n) is 2.05. The summed E-state index contributed by atoms with van der Waals surface area (Å²) in [5, 5.41) is 0.620. The first-order valence-electron chi connectivity index (χ1n) is 6.23. The third kappa shape index (κ3) is 2.69. The highest BCUT2D eigenvalue weighted by Crippen LogP contribution is 2.29. The molecule has 0 aromatic heterocycles. The zero-order valence-electron chi connectivity index (χ0n) is 11.4. The van der Waals surface area contributed by atoms with Crippen LogP contribution in [0.15, 0.2) is 42.5 Å². The van der Waals surface area contributed by atoms with Crippen LogP contribution in [-0.2, 0) is 4.57 Å². The molecular weight excluding hydrogens is 255 g/mol. The van der Waals surface area contributed by atoms with Crippen LogP contribution in [0.4, 0.5) is 0 Å². The van der Waals surface area contributed by atoms with Crippen LogP contribution in [0, 0.1) is 20.8 Å². The van der Waals surface area contributed by atoms with Crippen molar-refractivity contribution in [3.05, 3.63) is 64.7 Å². The molecule has 1 unspecified atom stereocenters. The average Bonchev–Trinajstić information content (AvgIpc) is 2.44. The summed E-state index contributed by atoms with van der Waals surface area (Å²) in [6, 6.07) is 12.6. The van der Waals surface area contributed by atoms with Crippen LogP contribution in [0.5, 0.6) is 0 Å². The summed E-state index contributed by atoms with van der Waals surface area (Å²) in [6.45, 7) is 5.91. The van der Waals surface area contributed by atoms with Crippen LogP contribution in [0.2, 0.25) is 0 Å². The lowest BCUT2D eigenvalue weighted by Gasteiger charge is -2.10. The molecule has 0 aliphatic heterocycles. The van der Waals surface area contributed by atoms with Gasteiger partial charge in [-0.2, -0.15) is 0 Å². The molecule has 1 atom stereocenters. The minimum Gasteiger partial charge on any atom is -0.313 e. The second kappa shape index (κ2) is 5.54. The number of benzene rings is 2. The minimum absolute atomic E-state index is 0.253. The highest BCUT2D eigenvalue weighted by Gasteiger charge is 2.18. The molecule has 0 heterocycles. The highest BCUT2D eigenvalue weighted by atomic mass is 31.1. The van der Waals surface area contributed by atoms with Gasteiger partial charge < -0.3 is 4.57 Å². The van der Waals surface area contributed by atoms with Crippen LogP contribution in [-0.4, -0.2) is 5.52 Å². The molecule has 0 radical (unpaired) electrons. The quantitative estimate of drug-likeness (QED) is 0.799. The Morgan fingerprint density at radius 3 is 2.16 bits per heavy atom. The molecule has 3 heteroatoms. The molecule has 0 amide bonds. The molecule has 0 saturated carbocycles. The van der Waals surface area contributed by atoms with Gasteiger partial charge in [0, 0.05) is 10.9 Å². The second-order valence-corrected chi connectivity index (χ2v) is 6.39. The number of carbonyl (C=O) groups excluding carboxylic acids is 1. The Morgan fingerprint density at radius 2 is 1.53 bits per heavy atom. The minimum atomic E-state index is -2.44. The number of hydrogen-bond donors (Lipinski definition) is 0. The summed E-state index contributed by atoms with van der Waals surface area (Å²) in [6.07, 6.45) is 0. The van der Waals surface area contributed by atoms with Gasteiger partial charge in [0.15, 0.2) is 7.80 Å². The average molecular weight is 272 g/mol. The smallest absolute Gasteiger partial charge is 0.223 e. The Labute approximate surface area is 114 Å². The van der Waals surface area contributed by atoms with Gasteiger partial charge >= 0.3 is 0 Å². The van der Waals surface area contributed by atoms with Gasteiger partial charge in [0.05, 0.1) is 0 Å². The number of rotatable bonds is 3. The van der Waals surface area contributed by atoms with Crippen molar-refractivity contribution in [2.75, 3.05) is 0 Å². The summed E-state index contributed by atoms with van der Waals surface area (Å²) >= 11 is 0. The summed E-state index contributed by atoms with van der Waals surface area (Å²) in [7, 11) is -2.44. The maximum Gasteiger partial charge on any atom is 0.223 e. The molecule has 0 fully saturated rings. The van der Waals surface area contributed by atoms with E-state index >= 15 is 0 Å². The summed E-state index contributed by atoms with van der Waals surface area (Å²) < 4.78 is 12.3. The van der Waals surface area contributed by atoms with E-state index in [2.05, 4.69) is 0 Å². The van der Waals surface area contributed by atoms with Crippen molar-refractivity contribution in [2.45, 2.75) is 20.8 Å². The van der Waals surface area contributed by atoms with Gasteiger partial charge in [-0.1, -0.05) is 42.5 Å². The van der Waals surface area contributed by atoms with E-state index in [0.717, 1.165) is 16.7 Å². The van der Waals surface area contributed by atoms with Crippen molar-refractivity contribution in [2.24, 2.45) is 0 Å². The van der Waals surface area contributed by atoms with Crippen LogP contribution < -0.4 is 5.30 Å². The lowest BCUT2D eigenvalue weighted by atomic mass is 10.00. The monoisotopic (exact) mass is 272 g/mol. The predicted octanol–water partition coefficient (Wildman–Crippen LogP) is 3.64. The molecule has 0 aliphatic rings. The first-order valence-corrected chi connectivity index (χ1v) is 7.64. The highest BCUT2D eigenvalue weighted by molar-refractivity contribution is 7.71. The van der Waals surface area contributed by atoms with Crippen LogP contribution >= 0.6 is 7.80 Å². The van der Waals surface area contributed by atoms with Gasteiger partial charge in [0.2, 0.25) is 5.52 Å². The van der Waals surface area contributed by atoms with Crippen molar-refractivity contribution in [3.8, 4) is 0 Å². The summed E-state index contributed by atoms with van der Waals surface area (Å²) in [4.78, 5) is 12.4. The maximum atomic E-state index is 12.4. The molecule has 2 aromatic carbocycles. The zero-order valence-corrected chi connectivity index (χ0v) is 12.4. The topological polar surface area (TPSA) is 34.1 Å². The number of carbonyl (C=O) groups is 1. The number of aryl methyl sites for hydroxylation is 1. The Balaban J connectivity index is 2.41. The van der Waals surface area contributed by atoms with E-state index in [4.69, 9.17) is 0 Å². The summed E-state index contributed by atoms with van der Waals surface area (Å²) in [5.41, 5.74) is 3.49. The van der Waals surface area contributed by atoms with Crippen molar-refractivity contribution >= 4 is 18.6 Å². The van der Waals surface area contributed by atoms with Gasteiger partial charge in [0.25, 0.3) is 0 Å². The van der Waals surface area contributed by atoms with Gasteiger partial charge in [-0.05, 0) is 37.5 Å². The lowest BCUT2D eigenvalue weighted by Crippen LogP contribution is -2.06. The van der Waals surface area contributed by atoms with E-state index in [1.807, 2.05) is 32.9 Å². The van der Waals surface area contributed by atoms with E-state index in [1.54, 1.807) is 30.3 Å². The Kier molecular flexibility index (Phi) is 4.01. The lowest BCUT2D eigenvalue weighted by molar-refractivity contribution is 0.107. The second-order valence-electron chi connectivity index (χ2n) is 4.70. The maximum absolute atomic E-state index is 12.4. The Morgan fingerprint density at radius 1 is 0.895 bits per heavy atom. The van der Waals surface area contributed by atoms with Crippen molar-refractivity contribution in [1.29, 1.82) is 0 Å². The van der Waals surface area contributed by atoms with Gasteiger partial charge in [-0.3, -0.25) is 4.79 Å². The molecule has 0 N–H and O–H groups in total. The van der Waals surface area contributed by atoms with Crippen LogP contribution in [0.1, 0.15) is 27.0 Å². The fourth-order valence-corrected chi connectivity index (χ4v) is 3.32. The van der Waals surface area contributed by atoms with E-state index in [-0.39, 0.29) is 5.52 Å². The van der Waals surface area contributed by atoms with Gasteiger partial charge in [0.1, 0.15) is 0 Å². The van der Waals surface area contributed by atoms with Gasteiger partial charge in [-0.15, -0.1) is 0 Å². The predicted molar refractivity (Wildman–Crippen MR) is 80.1 cm³/mol. The third-order valence-electron chi connectivity index (χ3n) is 3.54. The molecule has 0 spiro atoms. The molecular formula is C16H17O2P. The van der Waals surface area contributed by atoms with E-state index < -0.39 is 7.80 Å². The molecule has 2 rings (SSSR count). The van der Waals surface area contributed by atoms with Crippen LogP contribution in [0.25, 0.3) is 0 Å². The summed E-state index contributed by atoms with van der Waals surface area (Å²) in [5.74, 6) is 0. The van der Waals surface area contributed by atoms with Crippen LogP contribution in [0.3, 0.4) is 0 Å². The molecule has 0 bridgehead atoms. The molecule has 19 heavy (non-hydrogen) atoms. The zero-order chi connectivity index (χ0) is 14.0. The largest absolute Gasteiger partial charge is 0.313 e. The molecule has 2 aromatic rings. The Bertz CT molecular complexity index is 645. The van der Waals surface area contributed by atoms with Gasteiger partial charge in [-0.25, -0.2) is 0 Å². The van der Waals surface area contributed by atoms with Crippen molar-refractivity contribution < 1.29 is 9.36 Å². The molecule has 98 valence electrons. The number of hydrogen-bond acceptors (Lipinski definition) is 2. The first kappa shape index (κ1) is 13.8. The standard InChI is InChI=1S/C16H17O2P/c1-11-9-10-15(13(3)12(11)2)16(17)19(18)14-7-5-4-6-8-14/h4-10,19H,1-3H3. The Hall–Kier alpha value is -1.66. The van der Waals surface area contributed by atoms with E-state index in [1.165, 1.54) is 0 Å². The van der Waals surface area contributed by atoms with Crippen molar-refractivity contribution in [1.82, 2.24) is 0 Å². The SMILES string of the molecule is Cc1ccc(C(=O)[PH](=O)c2ccccc2)c(C)c1C. The van der Waals surface area contributed by atoms with Crippen molar-refractivity contribution in [3.63, 3.8) is 0 Å². The third-order valence-corrected chi connectivity index (χ3v) is 5.08. The molecule has 0 aliphatic carbocycles. The normalized spacial score (nSPS) is 12.2.